The van der Waals surface area contributed by atoms with Crippen LogP contribution in [0.5, 0.6) is 0 Å². The third-order valence-electron chi connectivity index (χ3n) is 4.21. The topological polar surface area (TPSA) is 49.4 Å². The van der Waals surface area contributed by atoms with E-state index in [9.17, 15) is 8.42 Å². The van der Waals surface area contributed by atoms with Gasteiger partial charge in [-0.25, -0.2) is 8.42 Å². The zero-order chi connectivity index (χ0) is 14.9. The maximum Gasteiger partial charge on any atom is 0.243 e. The molecule has 2 atom stereocenters. The standard InChI is InChI=1S/C15H24N2O2S/c1-11-5-6-14(8-16-4)7-15(11)20(18,19)17-9-12(2)13(3)10-17/h5-7,12-13,16H,8-10H2,1-4H3. The molecule has 0 amide bonds. The fraction of sp³-hybridized carbons (Fsp3) is 0.600. The second kappa shape index (κ2) is 5.84. The Morgan fingerprint density at radius 3 is 2.40 bits per heavy atom. The summed E-state index contributed by atoms with van der Waals surface area (Å²) in [5, 5.41) is 3.06. The van der Waals surface area contributed by atoms with E-state index >= 15 is 0 Å². The van der Waals surface area contributed by atoms with E-state index in [1.807, 2.05) is 26.1 Å². The van der Waals surface area contributed by atoms with Crippen molar-refractivity contribution >= 4 is 10.0 Å². The second-order valence-corrected chi connectivity index (χ2v) is 7.81. The molecule has 1 aromatic carbocycles. The molecular weight excluding hydrogens is 272 g/mol. The van der Waals surface area contributed by atoms with Crippen molar-refractivity contribution in [3.8, 4) is 0 Å². The molecule has 5 heteroatoms. The number of benzene rings is 1. The molecular formula is C15H24N2O2S. The van der Waals surface area contributed by atoms with Crippen LogP contribution in [0.3, 0.4) is 0 Å². The molecule has 0 aliphatic carbocycles. The van der Waals surface area contributed by atoms with Crippen LogP contribution < -0.4 is 5.32 Å². The first-order chi connectivity index (χ1) is 9.36. The van der Waals surface area contributed by atoms with Gasteiger partial charge in [-0.15, -0.1) is 0 Å². The summed E-state index contributed by atoms with van der Waals surface area (Å²) in [5.41, 5.74) is 1.81. The Morgan fingerprint density at radius 2 is 1.85 bits per heavy atom. The minimum Gasteiger partial charge on any atom is -0.316 e. The Morgan fingerprint density at radius 1 is 1.25 bits per heavy atom. The molecule has 4 nitrogen and oxygen atoms in total. The monoisotopic (exact) mass is 296 g/mol. The smallest absolute Gasteiger partial charge is 0.243 e. The summed E-state index contributed by atoms with van der Waals surface area (Å²) >= 11 is 0. The molecule has 1 aliphatic rings. The molecule has 0 saturated carbocycles. The molecule has 0 aromatic heterocycles. The molecule has 1 fully saturated rings. The van der Waals surface area contributed by atoms with Gasteiger partial charge in [-0.05, 0) is 43.0 Å². The third-order valence-corrected chi connectivity index (χ3v) is 6.18. The summed E-state index contributed by atoms with van der Waals surface area (Å²) in [4.78, 5) is 0.451. The summed E-state index contributed by atoms with van der Waals surface area (Å²) in [6, 6.07) is 5.66. The van der Waals surface area contributed by atoms with Crippen molar-refractivity contribution in [1.29, 1.82) is 0 Å². The number of nitrogens with one attached hydrogen (secondary N) is 1. The Bertz CT molecular complexity index is 574. The number of nitrogens with zero attached hydrogens (tertiary/aromatic N) is 1. The van der Waals surface area contributed by atoms with Gasteiger partial charge in [-0.1, -0.05) is 26.0 Å². The fourth-order valence-corrected chi connectivity index (χ4v) is 4.56. The van der Waals surface area contributed by atoms with E-state index < -0.39 is 10.0 Å². The molecule has 20 heavy (non-hydrogen) atoms. The van der Waals surface area contributed by atoms with Crippen LogP contribution in [0, 0.1) is 18.8 Å². The summed E-state index contributed by atoms with van der Waals surface area (Å²) in [5.74, 6) is 0.844. The first-order valence-corrected chi connectivity index (χ1v) is 8.54. The molecule has 1 heterocycles. The number of hydrogen-bond acceptors (Lipinski definition) is 3. The average molecular weight is 296 g/mol. The molecule has 0 radical (unpaired) electrons. The second-order valence-electron chi connectivity index (χ2n) is 5.91. The van der Waals surface area contributed by atoms with Gasteiger partial charge in [0.1, 0.15) is 0 Å². The van der Waals surface area contributed by atoms with Crippen LogP contribution in [0.15, 0.2) is 23.1 Å². The predicted octanol–water partition coefficient (Wildman–Crippen LogP) is 1.99. The highest BCUT2D eigenvalue weighted by molar-refractivity contribution is 7.89. The van der Waals surface area contributed by atoms with Crippen LogP contribution in [-0.4, -0.2) is 32.9 Å². The molecule has 1 N–H and O–H groups in total. The lowest BCUT2D eigenvalue weighted by Gasteiger charge is -2.18. The highest BCUT2D eigenvalue weighted by Crippen LogP contribution is 2.29. The highest BCUT2D eigenvalue weighted by atomic mass is 32.2. The molecule has 0 bridgehead atoms. The maximum absolute atomic E-state index is 12.8. The zero-order valence-electron chi connectivity index (χ0n) is 12.7. The van der Waals surface area contributed by atoms with Crippen LogP contribution in [0.2, 0.25) is 0 Å². The summed E-state index contributed by atoms with van der Waals surface area (Å²) < 4.78 is 27.2. The minimum absolute atomic E-state index is 0.422. The van der Waals surface area contributed by atoms with Gasteiger partial charge in [0.15, 0.2) is 0 Å². The maximum atomic E-state index is 12.8. The van der Waals surface area contributed by atoms with Crippen molar-refractivity contribution in [1.82, 2.24) is 9.62 Å². The van der Waals surface area contributed by atoms with Gasteiger partial charge >= 0.3 is 0 Å². The normalized spacial score (nSPS) is 24.2. The summed E-state index contributed by atoms with van der Waals surface area (Å²) in [6.07, 6.45) is 0. The molecule has 1 saturated heterocycles. The van der Waals surface area contributed by atoms with Crippen molar-refractivity contribution in [2.45, 2.75) is 32.2 Å². The zero-order valence-corrected chi connectivity index (χ0v) is 13.5. The Hall–Kier alpha value is -0.910. The van der Waals surface area contributed by atoms with Gasteiger partial charge in [-0.3, -0.25) is 0 Å². The van der Waals surface area contributed by atoms with E-state index in [0.717, 1.165) is 11.1 Å². The molecule has 0 spiro atoms. The Kier molecular flexibility index (Phi) is 4.52. The van der Waals surface area contributed by atoms with E-state index in [-0.39, 0.29) is 0 Å². The van der Waals surface area contributed by atoms with Crippen molar-refractivity contribution in [3.63, 3.8) is 0 Å². The SMILES string of the molecule is CNCc1ccc(C)c(S(=O)(=O)N2CC(C)C(C)C2)c1. The molecule has 2 rings (SSSR count). The summed E-state index contributed by atoms with van der Waals surface area (Å²) in [7, 11) is -1.51. The first kappa shape index (κ1) is 15.5. The van der Waals surface area contributed by atoms with Crippen molar-refractivity contribution in [2.24, 2.45) is 11.8 Å². The lowest BCUT2D eigenvalue weighted by molar-refractivity contribution is 0.462. The number of rotatable bonds is 4. The highest BCUT2D eigenvalue weighted by Gasteiger charge is 2.35. The van der Waals surface area contributed by atoms with Crippen LogP contribution in [0.4, 0.5) is 0 Å². The van der Waals surface area contributed by atoms with Gasteiger partial charge < -0.3 is 5.32 Å². The van der Waals surface area contributed by atoms with E-state index in [1.54, 1.807) is 10.4 Å². The molecule has 1 aromatic rings. The quantitative estimate of drug-likeness (QED) is 0.924. The minimum atomic E-state index is -3.37. The van der Waals surface area contributed by atoms with Crippen LogP contribution in [0.25, 0.3) is 0 Å². The van der Waals surface area contributed by atoms with Gasteiger partial charge in [0, 0.05) is 19.6 Å². The van der Waals surface area contributed by atoms with E-state index in [1.165, 1.54) is 0 Å². The lowest BCUT2D eigenvalue weighted by Crippen LogP contribution is -2.29. The third kappa shape index (κ3) is 2.90. The predicted molar refractivity (Wildman–Crippen MR) is 81.0 cm³/mol. The van der Waals surface area contributed by atoms with E-state index in [0.29, 0.717) is 36.4 Å². The van der Waals surface area contributed by atoms with E-state index in [4.69, 9.17) is 0 Å². The van der Waals surface area contributed by atoms with Crippen LogP contribution in [-0.2, 0) is 16.6 Å². The van der Waals surface area contributed by atoms with Gasteiger partial charge in [0.05, 0.1) is 4.90 Å². The fourth-order valence-electron chi connectivity index (χ4n) is 2.65. The lowest BCUT2D eigenvalue weighted by atomic mass is 10.0. The first-order valence-electron chi connectivity index (χ1n) is 7.10. The van der Waals surface area contributed by atoms with Crippen molar-refractivity contribution in [2.75, 3.05) is 20.1 Å². The van der Waals surface area contributed by atoms with Gasteiger partial charge in [-0.2, -0.15) is 4.31 Å². The molecule has 112 valence electrons. The largest absolute Gasteiger partial charge is 0.316 e. The van der Waals surface area contributed by atoms with Crippen LogP contribution >= 0.6 is 0 Å². The van der Waals surface area contributed by atoms with Gasteiger partial charge in [0.2, 0.25) is 10.0 Å². The van der Waals surface area contributed by atoms with Crippen LogP contribution in [0.1, 0.15) is 25.0 Å². The average Bonchev–Trinajstić information content (AvgIpc) is 2.73. The van der Waals surface area contributed by atoms with Gasteiger partial charge in [0.25, 0.3) is 0 Å². The number of sulfonamides is 1. The number of hydrogen-bond donors (Lipinski definition) is 1. The molecule has 2 unspecified atom stereocenters. The van der Waals surface area contributed by atoms with E-state index in [2.05, 4.69) is 19.2 Å². The Balaban J connectivity index is 2.36. The number of aryl methyl sites for hydroxylation is 1. The molecule has 1 aliphatic heterocycles. The summed E-state index contributed by atoms with van der Waals surface area (Å²) in [6.45, 7) is 8.02. The van der Waals surface area contributed by atoms with Crippen molar-refractivity contribution < 1.29 is 8.42 Å². The van der Waals surface area contributed by atoms with Crippen molar-refractivity contribution in [3.05, 3.63) is 29.3 Å². The Labute approximate surface area is 122 Å².